The molecule has 4 nitrogen and oxygen atoms in total. The van der Waals surface area contributed by atoms with E-state index in [9.17, 15) is 9.59 Å². The van der Waals surface area contributed by atoms with Gasteiger partial charge in [-0.1, -0.05) is 6.47 Å². The van der Waals surface area contributed by atoms with Crippen LogP contribution in [0.3, 0.4) is 0 Å². The Hall–Kier alpha value is 0.394. The van der Waals surface area contributed by atoms with Gasteiger partial charge in [0.05, 0.1) is 12.4 Å². The van der Waals surface area contributed by atoms with Gasteiger partial charge < -0.3 is 21.7 Å². The number of carbonyl (C=O) groups excluding carboxylic acids is 2. The Labute approximate surface area is 103 Å². The molecular formula is C6H10O4SY-2. The van der Waals surface area contributed by atoms with Gasteiger partial charge in [0.2, 0.25) is 0 Å². The zero-order valence-electron chi connectivity index (χ0n) is 6.78. The van der Waals surface area contributed by atoms with Crippen LogP contribution in [0.25, 0.3) is 0 Å². The summed E-state index contributed by atoms with van der Waals surface area (Å²) < 4.78 is 8.59. The van der Waals surface area contributed by atoms with Crippen LogP contribution in [0.4, 0.5) is 0 Å². The maximum absolute atomic E-state index is 10.3. The molecule has 0 heterocycles. The number of hydrogen-bond acceptors (Lipinski definition) is 5. The van der Waals surface area contributed by atoms with E-state index < -0.39 is 5.97 Å². The molecule has 0 saturated heterocycles. The standard InChI is InChI=1S/C5H7O4S.CH3.Y/c6-4-8-1-2-9-5(7)3-10;;/h10H,1-3H2;1H3;/q2*-1;. The summed E-state index contributed by atoms with van der Waals surface area (Å²) in [4.78, 5) is 19.7. The predicted octanol–water partition coefficient (Wildman–Crippen LogP) is -0.00901. The molecule has 0 aliphatic carbocycles. The van der Waals surface area contributed by atoms with Gasteiger partial charge in [-0.05, 0) is 0 Å². The maximum Gasteiger partial charge on any atom is 0.315 e. The molecule has 0 spiro atoms. The summed E-state index contributed by atoms with van der Waals surface area (Å²) in [6, 6.07) is 0. The van der Waals surface area contributed by atoms with E-state index in [1.54, 1.807) is 0 Å². The summed E-state index contributed by atoms with van der Waals surface area (Å²) in [6.07, 6.45) is 0. The monoisotopic (exact) mass is 267 g/mol. The first-order chi connectivity index (χ1) is 4.81. The molecule has 0 aliphatic heterocycles. The van der Waals surface area contributed by atoms with Crippen LogP contribution in [0.15, 0.2) is 0 Å². The topological polar surface area (TPSA) is 52.6 Å². The van der Waals surface area contributed by atoms with Crippen molar-refractivity contribution in [3.05, 3.63) is 7.43 Å². The number of ether oxygens (including phenoxy) is 2. The molecule has 6 heteroatoms. The molecule has 0 bridgehead atoms. The van der Waals surface area contributed by atoms with Gasteiger partial charge in [0.25, 0.3) is 0 Å². The number of hydrogen-bond donors (Lipinski definition) is 1. The Morgan fingerprint density at radius 1 is 1.42 bits per heavy atom. The minimum absolute atomic E-state index is 0. The van der Waals surface area contributed by atoms with Crippen molar-refractivity contribution in [2.45, 2.75) is 0 Å². The minimum atomic E-state index is -0.433. The maximum atomic E-state index is 10.3. The summed E-state index contributed by atoms with van der Waals surface area (Å²) in [5, 5.41) is 0. The zero-order valence-corrected chi connectivity index (χ0v) is 10.5. The average Bonchev–Trinajstić information content (AvgIpc) is 1.98. The Morgan fingerprint density at radius 2 is 2.00 bits per heavy atom. The van der Waals surface area contributed by atoms with E-state index in [1.165, 1.54) is 6.47 Å². The van der Waals surface area contributed by atoms with Gasteiger partial charge in [-0.15, -0.1) is 0 Å². The quantitative estimate of drug-likeness (QED) is 0.329. The van der Waals surface area contributed by atoms with E-state index in [4.69, 9.17) is 0 Å². The van der Waals surface area contributed by atoms with Crippen LogP contribution in [-0.2, 0) is 51.8 Å². The van der Waals surface area contributed by atoms with Crippen molar-refractivity contribution in [2.24, 2.45) is 0 Å². The van der Waals surface area contributed by atoms with Crippen molar-refractivity contribution in [1.82, 2.24) is 0 Å². The first-order valence-corrected chi connectivity index (χ1v) is 3.20. The predicted molar refractivity (Wildman–Crippen MR) is 42.9 cm³/mol. The molecule has 0 aromatic heterocycles. The molecule has 69 valence electrons. The fraction of sp³-hybridized carbons (Fsp3) is 0.500. The molecule has 0 aromatic carbocycles. The molecule has 0 N–H and O–H groups in total. The van der Waals surface area contributed by atoms with Crippen LogP contribution in [0.2, 0.25) is 0 Å². The van der Waals surface area contributed by atoms with Crippen molar-refractivity contribution in [1.29, 1.82) is 0 Å². The van der Waals surface area contributed by atoms with E-state index in [0.29, 0.717) is 0 Å². The third kappa shape index (κ3) is 13.0. The molecule has 0 rings (SSSR count). The van der Waals surface area contributed by atoms with Crippen molar-refractivity contribution in [3.63, 3.8) is 0 Å². The van der Waals surface area contributed by atoms with Crippen LogP contribution >= 0.6 is 12.6 Å². The number of rotatable bonds is 5. The van der Waals surface area contributed by atoms with Crippen LogP contribution in [0.1, 0.15) is 0 Å². The normalized spacial score (nSPS) is 7.08. The Balaban J connectivity index is -0.000000405. The van der Waals surface area contributed by atoms with Gasteiger partial charge in [0.1, 0.15) is 6.61 Å². The van der Waals surface area contributed by atoms with E-state index in [0.717, 1.165) is 0 Å². The second-order valence-corrected chi connectivity index (χ2v) is 1.63. The second-order valence-electron chi connectivity index (χ2n) is 1.31. The SMILES string of the molecule is O=[C-]OCCOC(=O)CS.[CH3-].[Y]. The van der Waals surface area contributed by atoms with Crippen molar-refractivity contribution < 1.29 is 51.8 Å². The van der Waals surface area contributed by atoms with Gasteiger partial charge in [-0.2, -0.15) is 12.6 Å². The molecule has 0 saturated carbocycles. The smallest absolute Gasteiger partial charge is 0.315 e. The molecule has 0 aromatic rings. The first-order valence-electron chi connectivity index (χ1n) is 2.56. The Bertz CT molecular complexity index is 120. The number of esters is 1. The number of thiol groups is 1. The van der Waals surface area contributed by atoms with Gasteiger partial charge in [-0.25, -0.2) is 0 Å². The van der Waals surface area contributed by atoms with Gasteiger partial charge >= 0.3 is 5.97 Å². The zero-order chi connectivity index (χ0) is 7.82. The largest absolute Gasteiger partial charge is 0.650 e. The first kappa shape index (κ1) is 18.2. The van der Waals surface area contributed by atoms with Crippen LogP contribution < -0.4 is 0 Å². The number of carbonyl (C=O) groups is 1. The van der Waals surface area contributed by atoms with Crippen molar-refractivity contribution >= 4 is 25.1 Å². The Morgan fingerprint density at radius 3 is 2.42 bits per heavy atom. The van der Waals surface area contributed by atoms with E-state index in [1.807, 2.05) is 0 Å². The summed E-state index contributed by atoms with van der Waals surface area (Å²) in [5.74, 6) is -0.400. The van der Waals surface area contributed by atoms with Gasteiger partial charge in [0.15, 0.2) is 0 Å². The summed E-state index contributed by atoms with van der Waals surface area (Å²) in [6.45, 7) is 1.31. The molecule has 0 aliphatic rings. The minimum Gasteiger partial charge on any atom is -0.650 e. The van der Waals surface area contributed by atoms with E-state index in [-0.39, 0.29) is 59.1 Å². The Kier molecular flexibility index (Phi) is 21.2. The van der Waals surface area contributed by atoms with Crippen LogP contribution in [0.5, 0.6) is 0 Å². The molecule has 0 unspecified atom stereocenters. The summed E-state index contributed by atoms with van der Waals surface area (Å²) in [5.41, 5.74) is 0. The van der Waals surface area contributed by atoms with Crippen molar-refractivity contribution in [3.8, 4) is 0 Å². The third-order valence-electron chi connectivity index (χ3n) is 0.636. The van der Waals surface area contributed by atoms with Crippen LogP contribution in [-0.4, -0.2) is 31.4 Å². The molecular weight excluding hydrogens is 257 g/mol. The van der Waals surface area contributed by atoms with E-state index in [2.05, 4.69) is 22.1 Å². The average molecular weight is 267 g/mol. The fourth-order valence-electron chi connectivity index (χ4n) is 0.284. The molecule has 12 heavy (non-hydrogen) atoms. The van der Waals surface area contributed by atoms with Gasteiger partial charge in [0, 0.05) is 32.7 Å². The summed E-state index contributed by atoms with van der Waals surface area (Å²) >= 11 is 3.65. The molecule has 0 fully saturated rings. The molecule has 0 atom stereocenters. The fourth-order valence-corrected chi connectivity index (χ4v) is 0.376. The third-order valence-corrected chi connectivity index (χ3v) is 0.895. The van der Waals surface area contributed by atoms with Crippen molar-refractivity contribution in [2.75, 3.05) is 19.0 Å². The van der Waals surface area contributed by atoms with E-state index >= 15 is 0 Å². The van der Waals surface area contributed by atoms with Gasteiger partial charge in [-0.3, -0.25) is 4.79 Å². The molecule has 1 radical (unpaired) electrons. The molecule has 0 amide bonds. The summed E-state index contributed by atoms with van der Waals surface area (Å²) in [7, 11) is 0. The second kappa shape index (κ2) is 13.9. The van der Waals surface area contributed by atoms with Crippen LogP contribution in [0, 0.1) is 7.43 Å².